The van der Waals surface area contributed by atoms with Gasteiger partial charge < -0.3 is 9.84 Å². The molecule has 1 aromatic rings. The van der Waals surface area contributed by atoms with E-state index >= 15 is 0 Å². The van der Waals surface area contributed by atoms with Gasteiger partial charge in [-0.2, -0.15) is 0 Å². The summed E-state index contributed by atoms with van der Waals surface area (Å²) in [6.45, 7) is 13.8. The first-order valence-corrected chi connectivity index (χ1v) is 12.4. The molecule has 2 nitrogen and oxygen atoms in total. The molecule has 0 unspecified atom stereocenters. The zero-order valence-corrected chi connectivity index (χ0v) is 16.8. The summed E-state index contributed by atoms with van der Waals surface area (Å²) in [5, 5.41) is 13.4. The van der Waals surface area contributed by atoms with E-state index < -0.39 is 13.7 Å². The molecule has 0 heterocycles. The van der Waals surface area contributed by atoms with Crippen molar-refractivity contribution in [3.63, 3.8) is 0 Å². The molecule has 2 bridgehead atoms. The molecule has 3 atom stereocenters. The van der Waals surface area contributed by atoms with Crippen molar-refractivity contribution in [2.45, 2.75) is 65.3 Å². The van der Waals surface area contributed by atoms with Crippen LogP contribution in [-0.4, -0.2) is 20.3 Å². The van der Waals surface area contributed by atoms with E-state index in [0.717, 1.165) is 24.2 Å². The molecule has 2 saturated carbocycles. The van der Waals surface area contributed by atoms with E-state index in [0.29, 0.717) is 5.92 Å². The van der Waals surface area contributed by atoms with E-state index in [-0.39, 0.29) is 10.8 Å². The number of benzene rings is 1. The Bertz CT molecular complexity index is 624. The Morgan fingerprint density at radius 3 is 2.30 bits per heavy atom. The Labute approximate surface area is 142 Å². The van der Waals surface area contributed by atoms with Gasteiger partial charge in [0.2, 0.25) is 0 Å². The fourth-order valence-corrected chi connectivity index (χ4v) is 7.08. The first kappa shape index (κ1) is 17.0. The zero-order chi connectivity index (χ0) is 17.3. The molecule has 1 N–H and O–H groups in total. The van der Waals surface area contributed by atoms with Gasteiger partial charge >= 0.3 is 0 Å². The topological polar surface area (TPSA) is 29.5 Å². The van der Waals surface area contributed by atoms with Crippen molar-refractivity contribution >= 4 is 13.3 Å². The van der Waals surface area contributed by atoms with Crippen LogP contribution in [0.3, 0.4) is 0 Å². The second-order valence-corrected chi connectivity index (χ2v) is 14.6. The Hall–Kier alpha value is -0.803. The van der Waals surface area contributed by atoms with Gasteiger partial charge in [-0.05, 0) is 30.4 Å². The van der Waals surface area contributed by atoms with Crippen molar-refractivity contribution in [3.8, 4) is 5.75 Å². The van der Waals surface area contributed by atoms with E-state index in [2.05, 4.69) is 58.6 Å². The van der Waals surface area contributed by atoms with Crippen molar-refractivity contribution in [1.29, 1.82) is 0 Å². The van der Waals surface area contributed by atoms with Gasteiger partial charge in [-0.15, -0.1) is 0 Å². The van der Waals surface area contributed by atoms with Crippen LogP contribution in [-0.2, 0) is 5.60 Å². The van der Waals surface area contributed by atoms with Crippen LogP contribution < -0.4 is 9.92 Å². The van der Waals surface area contributed by atoms with Gasteiger partial charge in [-0.25, -0.2) is 0 Å². The first-order valence-electron chi connectivity index (χ1n) is 8.89. The van der Waals surface area contributed by atoms with E-state index in [1.807, 2.05) is 0 Å². The van der Waals surface area contributed by atoms with Gasteiger partial charge in [-0.3, -0.25) is 0 Å². The molecule has 2 aliphatic rings. The van der Waals surface area contributed by atoms with Crippen molar-refractivity contribution in [1.82, 2.24) is 0 Å². The standard InChI is InChI=1S/C20H32O2Si/c1-18(2)14-11-12-19(3,13-14)20(18,21)15-9-8-10-16(17(15)22-4)23(5,6)7/h8-10,14,21H,11-13H2,1-7H3/t14-,19-,20-/m0/s1. The van der Waals surface area contributed by atoms with Crippen molar-refractivity contribution < 1.29 is 9.84 Å². The van der Waals surface area contributed by atoms with Crippen LogP contribution in [0.4, 0.5) is 0 Å². The largest absolute Gasteiger partial charge is 0.496 e. The average Bonchev–Trinajstić information content (AvgIpc) is 2.93. The number of rotatable bonds is 3. The molecule has 2 aliphatic carbocycles. The van der Waals surface area contributed by atoms with Gasteiger partial charge in [0.25, 0.3) is 0 Å². The highest BCUT2D eigenvalue weighted by Gasteiger charge is 2.69. The van der Waals surface area contributed by atoms with Gasteiger partial charge in [0.05, 0.1) is 15.2 Å². The van der Waals surface area contributed by atoms with Gasteiger partial charge in [-0.1, -0.05) is 58.6 Å². The minimum absolute atomic E-state index is 0.0491. The third kappa shape index (κ3) is 2.02. The number of methoxy groups -OCH3 is 1. The molecule has 0 radical (unpaired) electrons. The summed E-state index contributed by atoms with van der Waals surface area (Å²) < 4.78 is 5.90. The normalized spacial score (nSPS) is 35.6. The lowest BCUT2D eigenvalue weighted by molar-refractivity contribution is -0.151. The maximum Gasteiger partial charge on any atom is 0.124 e. The summed E-state index contributed by atoms with van der Waals surface area (Å²) in [6.07, 6.45) is 3.47. The second kappa shape index (κ2) is 4.86. The number of para-hydroxylation sites is 1. The Morgan fingerprint density at radius 1 is 1.17 bits per heavy atom. The molecule has 0 spiro atoms. The van der Waals surface area contributed by atoms with Crippen LogP contribution in [0.25, 0.3) is 0 Å². The summed E-state index contributed by atoms with van der Waals surface area (Å²) in [5.74, 6) is 1.54. The smallest absolute Gasteiger partial charge is 0.124 e. The highest BCUT2D eigenvalue weighted by molar-refractivity contribution is 6.89. The van der Waals surface area contributed by atoms with Crippen LogP contribution in [0.15, 0.2) is 18.2 Å². The minimum atomic E-state index is -1.54. The van der Waals surface area contributed by atoms with Crippen molar-refractivity contribution in [3.05, 3.63) is 23.8 Å². The van der Waals surface area contributed by atoms with Gasteiger partial charge in [0.1, 0.15) is 11.4 Å². The summed E-state index contributed by atoms with van der Waals surface area (Å²) >= 11 is 0. The van der Waals surface area contributed by atoms with Crippen molar-refractivity contribution in [2.75, 3.05) is 7.11 Å². The lowest BCUT2D eigenvalue weighted by atomic mass is 9.57. The average molecular weight is 333 g/mol. The Balaban J connectivity index is 2.26. The quantitative estimate of drug-likeness (QED) is 0.837. The molecule has 23 heavy (non-hydrogen) atoms. The molecule has 2 fully saturated rings. The third-order valence-corrected chi connectivity index (χ3v) is 8.99. The van der Waals surface area contributed by atoms with Crippen LogP contribution in [0.1, 0.15) is 45.6 Å². The summed E-state index contributed by atoms with van der Waals surface area (Å²) in [5.41, 5.74) is 0.0384. The van der Waals surface area contributed by atoms with E-state index in [9.17, 15) is 5.11 Å². The molecule has 0 aliphatic heterocycles. The summed E-state index contributed by atoms with van der Waals surface area (Å²) in [6, 6.07) is 6.42. The predicted molar refractivity (Wildman–Crippen MR) is 99.1 cm³/mol. The molecule has 3 rings (SSSR count). The highest BCUT2D eigenvalue weighted by Crippen LogP contribution is 2.72. The SMILES string of the molecule is COc1c([C@]2(O)C(C)(C)[C@H]3CC[C@@]2(C)C3)cccc1[Si](C)(C)C. The van der Waals surface area contributed by atoms with Gasteiger partial charge in [0, 0.05) is 16.4 Å². The molecule has 0 aromatic heterocycles. The maximum absolute atomic E-state index is 12.1. The lowest BCUT2D eigenvalue weighted by Gasteiger charge is -2.51. The van der Waals surface area contributed by atoms with E-state index in [4.69, 9.17) is 4.74 Å². The number of aliphatic hydroxyl groups is 1. The Morgan fingerprint density at radius 2 is 1.83 bits per heavy atom. The van der Waals surface area contributed by atoms with Crippen molar-refractivity contribution in [2.24, 2.45) is 16.7 Å². The summed E-state index contributed by atoms with van der Waals surface area (Å²) in [7, 11) is 0.216. The molecule has 128 valence electrons. The zero-order valence-electron chi connectivity index (χ0n) is 15.8. The fraction of sp³-hybridized carbons (Fsp3) is 0.700. The van der Waals surface area contributed by atoms with Crippen LogP contribution in [0.5, 0.6) is 5.75 Å². The molecule has 1 aromatic carbocycles. The maximum atomic E-state index is 12.1. The molecular weight excluding hydrogens is 300 g/mol. The molecule has 0 saturated heterocycles. The highest BCUT2D eigenvalue weighted by atomic mass is 28.3. The Kier molecular flexibility index (Phi) is 3.60. The van der Waals surface area contributed by atoms with E-state index in [1.54, 1.807) is 7.11 Å². The van der Waals surface area contributed by atoms with Gasteiger partial charge in [0.15, 0.2) is 0 Å². The number of ether oxygens (including phenoxy) is 1. The lowest BCUT2D eigenvalue weighted by Crippen LogP contribution is -2.52. The van der Waals surface area contributed by atoms with E-state index in [1.165, 1.54) is 11.6 Å². The molecular formula is C20H32O2Si. The number of hydrogen-bond donors (Lipinski definition) is 1. The first-order chi connectivity index (χ1) is 10.5. The van der Waals surface area contributed by atoms with Crippen LogP contribution in [0, 0.1) is 16.7 Å². The van der Waals surface area contributed by atoms with Crippen LogP contribution in [0.2, 0.25) is 19.6 Å². The third-order valence-electron chi connectivity index (χ3n) is 6.99. The fourth-order valence-electron chi connectivity index (χ4n) is 5.56. The summed E-state index contributed by atoms with van der Waals surface area (Å²) in [4.78, 5) is 0. The number of hydrogen-bond acceptors (Lipinski definition) is 2. The van der Waals surface area contributed by atoms with Crippen LogP contribution >= 0.6 is 0 Å². The minimum Gasteiger partial charge on any atom is -0.496 e. The number of fused-ring (bicyclic) bond motifs is 2. The second-order valence-electron chi connectivity index (χ2n) is 9.57. The predicted octanol–water partition coefficient (Wildman–Crippen LogP) is 4.27. The molecule has 0 amide bonds. The molecule has 3 heteroatoms. The monoisotopic (exact) mass is 332 g/mol.